The number of carbonyl (C=O) groups is 1. The summed E-state index contributed by atoms with van der Waals surface area (Å²) in [5, 5.41) is 2.48. The maximum atomic E-state index is 10.5. The molecular weight excluding hydrogens is 118 g/mol. The van der Waals surface area contributed by atoms with Crippen LogP contribution in [0.25, 0.3) is 0 Å². The Labute approximate surface area is 53.0 Å². The minimum atomic E-state index is -0.160. The van der Waals surface area contributed by atoms with Gasteiger partial charge < -0.3 is 10.1 Å². The number of allylic oxidation sites excluding steroid dienone is 1. The molecule has 0 fully saturated rings. The van der Waals surface area contributed by atoms with E-state index in [0.717, 1.165) is 0 Å². The summed E-state index contributed by atoms with van der Waals surface area (Å²) in [6.07, 6.45) is 4.20. The molecule has 1 aliphatic rings. The van der Waals surface area contributed by atoms with Crippen LogP contribution in [0.15, 0.2) is 24.3 Å². The third-order valence-corrected chi connectivity index (χ3v) is 0.891. The van der Waals surface area contributed by atoms with Crippen molar-refractivity contribution in [3.8, 4) is 0 Å². The highest BCUT2D eigenvalue weighted by Gasteiger charge is 1.96. The number of nitrogens with one attached hydrogen (secondary N) is 1. The number of ether oxygens (including phenoxy) is 1. The lowest BCUT2D eigenvalue weighted by atomic mass is 10.6. The molecule has 0 radical (unpaired) electrons. The van der Waals surface area contributed by atoms with E-state index in [1.165, 1.54) is 18.5 Å². The van der Waals surface area contributed by atoms with Gasteiger partial charge in [-0.3, -0.25) is 4.79 Å². The number of hydrogen-bond acceptors (Lipinski definition) is 2. The lowest BCUT2D eigenvalue weighted by molar-refractivity contribution is -0.115. The molecule has 0 unspecified atom stereocenters. The van der Waals surface area contributed by atoms with E-state index in [4.69, 9.17) is 4.74 Å². The molecule has 0 aliphatic carbocycles. The predicted molar refractivity (Wildman–Crippen MR) is 32.1 cm³/mol. The Morgan fingerprint density at radius 1 is 1.67 bits per heavy atom. The van der Waals surface area contributed by atoms with Crippen LogP contribution in [0.5, 0.6) is 0 Å². The van der Waals surface area contributed by atoms with Crippen LogP contribution in [0.1, 0.15) is 6.92 Å². The lowest BCUT2D eigenvalue weighted by Crippen LogP contribution is -2.12. The molecule has 0 spiro atoms. The standard InChI is InChI=1S/C6H7NO2/c1-5-4-7-6(8)2-3-9-5/h2-4H,1H3,(H,7,8). The second-order valence-electron chi connectivity index (χ2n) is 1.68. The topological polar surface area (TPSA) is 38.3 Å². The average molecular weight is 125 g/mol. The zero-order valence-corrected chi connectivity index (χ0v) is 5.05. The summed E-state index contributed by atoms with van der Waals surface area (Å²) in [5.74, 6) is 0.518. The van der Waals surface area contributed by atoms with E-state index in [1.807, 2.05) is 0 Å². The van der Waals surface area contributed by atoms with E-state index >= 15 is 0 Å². The van der Waals surface area contributed by atoms with Crippen LogP contribution in [0.4, 0.5) is 0 Å². The lowest BCUT2D eigenvalue weighted by Gasteiger charge is -1.93. The first-order chi connectivity index (χ1) is 4.29. The zero-order chi connectivity index (χ0) is 6.69. The molecule has 1 rings (SSSR count). The van der Waals surface area contributed by atoms with E-state index in [0.29, 0.717) is 5.76 Å². The van der Waals surface area contributed by atoms with Crippen LogP contribution in [-0.2, 0) is 9.53 Å². The first kappa shape index (κ1) is 5.88. The molecule has 9 heavy (non-hydrogen) atoms. The van der Waals surface area contributed by atoms with Crippen molar-refractivity contribution in [2.24, 2.45) is 0 Å². The maximum absolute atomic E-state index is 10.5. The Morgan fingerprint density at radius 3 is 3.22 bits per heavy atom. The van der Waals surface area contributed by atoms with Gasteiger partial charge in [-0.1, -0.05) is 0 Å². The van der Waals surface area contributed by atoms with Gasteiger partial charge in [-0.05, 0) is 6.92 Å². The summed E-state index contributed by atoms with van der Waals surface area (Å²) in [6.45, 7) is 1.76. The molecule has 0 aromatic rings. The molecule has 0 saturated heterocycles. The van der Waals surface area contributed by atoms with Crippen molar-refractivity contribution in [1.82, 2.24) is 5.32 Å². The van der Waals surface area contributed by atoms with Crippen molar-refractivity contribution in [2.75, 3.05) is 0 Å². The normalized spacial score (nSPS) is 17.4. The molecule has 3 nitrogen and oxygen atoms in total. The molecule has 1 N–H and O–H groups in total. The van der Waals surface area contributed by atoms with Gasteiger partial charge in [-0.2, -0.15) is 0 Å². The van der Waals surface area contributed by atoms with Crippen molar-refractivity contribution < 1.29 is 9.53 Å². The summed E-state index contributed by atoms with van der Waals surface area (Å²) < 4.78 is 4.87. The minimum Gasteiger partial charge on any atom is -0.468 e. The van der Waals surface area contributed by atoms with Gasteiger partial charge in [0.05, 0.1) is 6.26 Å². The summed E-state index contributed by atoms with van der Waals surface area (Å²) in [6, 6.07) is 0. The van der Waals surface area contributed by atoms with Crippen molar-refractivity contribution in [1.29, 1.82) is 0 Å². The fourth-order valence-electron chi connectivity index (χ4n) is 0.458. The Kier molecular flexibility index (Phi) is 1.53. The second-order valence-corrected chi connectivity index (χ2v) is 1.68. The smallest absolute Gasteiger partial charge is 0.251 e. The molecule has 1 heterocycles. The van der Waals surface area contributed by atoms with Gasteiger partial charge in [0.1, 0.15) is 5.76 Å². The number of carbonyl (C=O) groups excluding carboxylic acids is 1. The van der Waals surface area contributed by atoms with Gasteiger partial charge in [0.15, 0.2) is 0 Å². The van der Waals surface area contributed by atoms with Gasteiger partial charge in [0, 0.05) is 12.3 Å². The quantitative estimate of drug-likeness (QED) is 0.512. The summed E-state index contributed by atoms with van der Waals surface area (Å²) >= 11 is 0. The van der Waals surface area contributed by atoms with E-state index in [9.17, 15) is 4.79 Å². The number of rotatable bonds is 0. The third kappa shape index (κ3) is 1.60. The summed E-state index contributed by atoms with van der Waals surface area (Å²) in [7, 11) is 0. The van der Waals surface area contributed by atoms with Gasteiger partial charge >= 0.3 is 0 Å². The second kappa shape index (κ2) is 2.35. The minimum absolute atomic E-state index is 0.160. The van der Waals surface area contributed by atoms with Crippen LogP contribution >= 0.6 is 0 Å². The SMILES string of the molecule is CC1=CNC(=O)C=CO1. The number of hydrogen-bond donors (Lipinski definition) is 1. The summed E-state index contributed by atoms with van der Waals surface area (Å²) in [4.78, 5) is 10.5. The van der Waals surface area contributed by atoms with Crippen LogP contribution in [0, 0.1) is 0 Å². The fraction of sp³-hybridized carbons (Fsp3) is 0.167. The maximum Gasteiger partial charge on any atom is 0.251 e. The van der Waals surface area contributed by atoms with E-state index < -0.39 is 0 Å². The van der Waals surface area contributed by atoms with Crippen LogP contribution in [-0.4, -0.2) is 5.91 Å². The Balaban J connectivity index is 2.68. The number of amides is 1. The van der Waals surface area contributed by atoms with Crippen molar-refractivity contribution in [3.05, 3.63) is 24.3 Å². The highest BCUT2D eigenvalue weighted by Crippen LogP contribution is 1.96. The highest BCUT2D eigenvalue weighted by molar-refractivity contribution is 5.88. The molecule has 0 aromatic carbocycles. The van der Waals surface area contributed by atoms with Crippen molar-refractivity contribution in [2.45, 2.75) is 6.92 Å². The first-order valence-electron chi connectivity index (χ1n) is 2.59. The van der Waals surface area contributed by atoms with Gasteiger partial charge in [-0.25, -0.2) is 0 Å². The van der Waals surface area contributed by atoms with E-state index in [2.05, 4.69) is 5.32 Å². The zero-order valence-electron chi connectivity index (χ0n) is 5.05. The Hall–Kier alpha value is -1.25. The summed E-state index contributed by atoms with van der Waals surface area (Å²) in [5.41, 5.74) is 0. The Bertz CT molecular complexity index is 181. The molecule has 3 heteroatoms. The van der Waals surface area contributed by atoms with Gasteiger partial charge in [0.2, 0.25) is 0 Å². The third-order valence-electron chi connectivity index (χ3n) is 0.891. The molecule has 0 bridgehead atoms. The van der Waals surface area contributed by atoms with Crippen molar-refractivity contribution in [3.63, 3.8) is 0 Å². The van der Waals surface area contributed by atoms with Gasteiger partial charge in [0.25, 0.3) is 5.91 Å². The Morgan fingerprint density at radius 2 is 2.44 bits per heavy atom. The molecule has 1 amide bonds. The highest BCUT2D eigenvalue weighted by atomic mass is 16.5. The van der Waals surface area contributed by atoms with Crippen LogP contribution in [0.3, 0.4) is 0 Å². The van der Waals surface area contributed by atoms with Crippen LogP contribution in [0.2, 0.25) is 0 Å². The molecule has 0 aromatic heterocycles. The molecule has 0 atom stereocenters. The van der Waals surface area contributed by atoms with E-state index in [1.54, 1.807) is 6.92 Å². The molecule has 1 aliphatic heterocycles. The van der Waals surface area contributed by atoms with Crippen molar-refractivity contribution >= 4 is 5.91 Å². The van der Waals surface area contributed by atoms with Gasteiger partial charge in [-0.15, -0.1) is 0 Å². The average Bonchev–Trinajstić information content (AvgIpc) is 1.97. The molecule has 48 valence electrons. The fourth-order valence-corrected chi connectivity index (χ4v) is 0.458. The predicted octanol–water partition coefficient (Wildman–Crippen LogP) is 0.508. The molecule has 0 saturated carbocycles. The van der Waals surface area contributed by atoms with E-state index in [-0.39, 0.29) is 5.91 Å². The van der Waals surface area contributed by atoms with Crippen LogP contribution < -0.4 is 5.32 Å². The first-order valence-corrected chi connectivity index (χ1v) is 2.59. The molecular formula is C6H7NO2. The monoisotopic (exact) mass is 125 g/mol. The largest absolute Gasteiger partial charge is 0.468 e.